The number of ether oxygens (including phenoxy) is 3. The Bertz CT molecular complexity index is 1950. The Balaban J connectivity index is 1.09. The number of alkyl halides is 1. The summed E-state index contributed by atoms with van der Waals surface area (Å²) in [6.45, 7) is 6.67. The van der Waals surface area contributed by atoms with E-state index in [2.05, 4.69) is 25.6 Å². The second kappa shape index (κ2) is 13.2. The van der Waals surface area contributed by atoms with Gasteiger partial charge < -0.3 is 24.0 Å². The summed E-state index contributed by atoms with van der Waals surface area (Å²) in [6.07, 6.45) is 9.49. The Morgan fingerprint density at radius 2 is 1.88 bits per heavy atom. The third-order valence-corrected chi connectivity index (χ3v) is 11.7. The first-order valence-electron chi connectivity index (χ1n) is 18.8. The lowest BCUT2D eigenvalue weighted by Gasteiger charge is -2.35. The number of aryl methyl sites for hydroxylation is 2. The van der Waals surface area contributed by atoms with Crippen LogP contribution < -0.4 is 19.3 Å². The zero-order valence-corrected chi connectivity index (χ0v) is 29.7. The van der Waals surface area contributed by atoms with E-state index >= 15 is 4.39 Å². The van der Waals surface area contributed by atoms with Crippen molar-refractivity contribution in [3.63, 3.8) is 0 Å². The van der Waals surface area contributed by atoms with Crippen molar-refractivity contribution >= 4 is 22.3 Å². The van der Waals surface area contributed by atoms with Crippen molar-refractivity contribution in [1.82, 2.24) is 24.6 Å². The largest absolute Gasteiger partial charge is 0.467 e. The van der Waals surface area contributed by atoms with Gasteiger partial charge in [-0.1, -0.05) is 13.0 Å². The minimum Gasteiger partial charge on any atom is -0.467 e. The van der Waals surface area contributed by atoms with E-state index in [1.165, 1.54) is 24.1 Å². The minimum atomic E-state index is -0.832. The highest BCUT2D eigenvalue weighted by atomic mass is 19.1. The molecule has 0 N–H and O–H groups in total. The first-order valence-corrected chi connectivity index (χ1v) is 18.8. The molecule has 4 aliphatic heterocycles. The Kier molecular flexibility index (Phi) is 8.49. The fraction of sp³-hybridized carbons (Fsp3) is 0.564. The van der Waals surface area contributed by atoms with Gasteiger partial charge in [0, 0.05) is 74.2 Å². The van der Waals surface area contributed by atoms with Crippen LogP contribution in [0, 0.1) is 5.82 Å². The molecule has 0 unspecified atom stereocenters. The quantitative estimate of drug-likeness (QED) is 0.177. The van der Waals surface area contributed by atoms with Crippen LogP contribution in [0.4, 0.5) is 20.3 Å². The maximum absolute atomic E-state index is 15.3. The maximum atomic E-state index is 15.3. The van der Waals surface area contributed by atoms with Gasteiger partial charge in [0.25, 0.3) is 0 Å². The Morgan fingerprint density at radius 1 is 0.980 bits per heavy atom. The van der Waals surface area contributed by atoms with Crippen LogP contribution in [0.5, 0.6) is 11.8 Å². The van der Waals surface area contributed by atoms with Gasteiger partial charge in [0.05, 0.1) is 29.5 Å². The third-order valence-electron chi connectivity index (χ3n) is 11.7. The molecule has 2 atom stereocenters. The molecule has 0 amide bonds. The molecule has 6 heterocycles. The van der Waals surface area contributed by atoms with E-state index in [0.717, 1.165) is 85.3 Å². The van der Waals surface area contributed by atoms with Crippen molar-refractivity contribution < 1.29 is 23.0 Å². The summed E-state index contributed by atoms with van der Waals surface area (Å²) in [4.78, 5) is 17.2. The molecule has 2 aromatic carbocycles. The first kappa shape index (κ1) is 32.8. The van der Waals surface area contributed by atoms with Gasteiger partial charge in [0.1, 0.15) is 30.2 Å². The molecule has 0 radical (unpaired) electrons. The lowest BCUT2D eigenvalue weighted by atomic mass is 9.95. The van der Waals surface area contributed by atoms with Crippen molar-refractivity contribution in [3.05, 3.63) is 64.4 Å². The average molecular weight is 700 g/mol. The van der Waals surface area contributed by atoms with Crippen molar-refractivity contribution in [2.24, 2.45) is 0 Å². The number of hydrogen-bond donors (Lipinski definition) is 0. The zero-order valence-electron chi connectivity index (χ0n) is 29.7. The summed E-state index contributed by atoms with van der Waals surface area (Å²) in [6, 6.07) is 8.20. The van der Waals surface area contributed by atoms with Crippen molar-refractivity contribution in [1.29, 1.82) is 0 Å². The monoisotopic (exact) mass is 699 g/mol. The maximum Gasteiger partial charge on any atom is 0.318 e. The predicted molar refractivity (Wildman–Crippen MR) is 191 cm³/mol. The molecule has 1 saturated carbocycles. The number of rotatable bonds is 10. The van der Waals surface area contributed by atoms with E-state index in [-0.39, 0.29) is 18.1 Å². The molecule has 4 aromatic rings. The van der Waals surface area contributed by atoms with Crippen LogP contribution in [0.2, 0.25) is 0 Å². The number of methoxy groups -OCH3 is 1. The van der Waals surface area contributed by atoms with Crippen molar-refractivity contribution in [3.8, 4) is 11.8 Å². The molecule has 12 heteroatoms. The van der Waals surface area contributed by atoms with E-state index in [1.54, 1.807) is 13.2 Å². The number of aromatic nitrogens is 4. The molecule has 3 fully saturated rings. The molecular weight excluding hydrogens is 652 g/mol. The van der Waals surface area contributed by atoms with Gasteiger partial charge in [-0.15, -0.1) is 0 Å². The highest BCUT2D eigenvalue weighted by molar-refractivity contribution is 5.98. The van der Waals surface area contributed by atoms with Gasteiger partial charge in [0.15, 0.2) is 6.79 Å². The highest BCUT2D eigenvalue weighted by Crippen LogP contribution is 2.42. The van der Waals surface area contributed by atoms with Gasteiger partial charge in [-0.05, 0) is 81.0 Å². The van der Waals surface area contributed by atoms with E-state index in [1.807, 2.05) is 25.1 Å². The molecule has 2 saturated heterocycles. The SMILES string of the molecule is CCc1c(F)ccc2cc(OCOC)cc(N3CCc4c(nc(OC[C@@]56CCCN5C[C@H](F)C6)nc4N4CCCc5nn(C6CC6)cc5C4)C3)c12. The van der Waals surface area contributed by atoms with Crippen LogP contribution in [0.15, 0.2) is 30.5 Å². The molecule has 270 valence electrons. The minimum absolute atomic E-state index is 0.117. The van der Waals surface area contributed by atoms with Crippen molar-refractivity contribution in [2.45, 2.75) is 95.6 Å². The Morgan fingerprint density at radius 3 is 2.73 bits per heavy atom. The summed E-state index contributed by atoms with van der Waals surface area (Å²) >= 11 is 0. The number of hydrogen-bond acceptors (Lipinski definition) is 9. The van der Waals surface area contributed by atoms with Gasteiger partial charge >= 0.3 is 6.01 Å². The molecule has 5 aliphatic rings. The van der Waals surface area contributed by atoms with Gasteiger partial charge in [0.2, 0.25) is 0 Å². The Hall–Kier alpha value is -4.03. The summed E-state index contributed by atoms with van der Waals surface area (Å²) < 4.78 is 49.8. The fourth-order valence-corrected chi connectivity index (χ4v) is 9.08. The standard InChI is InChI=1S/C39H47F2N7O3/c1-3-30-32(41)10-7-25-16-29(51-24-49-2)17-35(36(25)30)45-15-11-31-34(22-45)42-38(50-23-39-12-5-14-47(39)21-27(40)18-39)43-37(31)46-13-4-6-33-26(19-46)20-48(44-33)28-8-9-28/h7,10,16-17,20,27-28H,3-6,8-9,11-15,18-19,21-24H2,1-2H3/t27-,39+/m1/s1. The first-order chi connectivity index (χ1) is 24.9. The summed E-state index contributed by atoms with van der Waals surface area (Å²) in [5.41, 5.74) is 5.78. The van der Waals surface area contributed by atoms with E-state index in [9.17, 15) is 4.39 Å². The zero-order chi connectivity index (χ0) is 34.7. The molecule has 9 rings (SSSR count). The van der Waals surface area contributed by atoms with Gasteiger partial charge in [-0.2, -0.15) is 15.1 Å². The number of fused-ring (bicyclic) bond motifs is 4. The third kappa shape index (κ3) is 6.07. The molecular formula is C39H47F2N7O3. The van der Waals surface area contributed by atoms with E-state index in [4.69, 9.17) is 29.3 Å². The molecule has 0 spiro atoms. The van der Waals surface area contributed by atoms with Crippen LogP contribution in [0.3, 0.4) is 0 Å². The molecule has 51 heavy (non-hydrogen) atoms. The predicted octanol–water partition coefficient (Wildman–Crippen LogP) is 6.32. The van der Waals surface area contributed by atoms with Crippen LogP contribution in [0.1, 0.15) is 79.6 Å². The highest BCUT2D eigenvalue weighted by Gasteiger charge is 2.49. The average Bonchev–Trinajstić information content (AvgIpc) is 3.76. The molecule has 10 nitrogen and oxygen atoms in total. The van der Waals surface area contributed by atoms with Crippen LogP contribution in [-0.2, 0) is 37.1 Å². The summed E-state index contributed by atoms with van der Waals surface area (Å²) in [5.74, 6) is 1.38. The van der Waals surface area contributed by atoms with Gasteiger partial charge in [-0.25, -0.2) is 8.78 Å². The van der Waals surface area contributed by atoms with Crippen LogP contribution in [-0.4, -0.2) is 83.0 Å². The topological polar surface area (TPSA) is 81.0 Å². The lowest BCUT2D eigenvalue weighted by Crippen LogP contribution is -2.43. The lowest BCUT2D eigenvalue weighted by molar-refractivity contribution is 0.0512. The second-order valence-corrected chi connectivity index (χ2v) is 15.1. The number of benzene rings is 2. The Labute approximate surface area is 297 Å². The number of halogens is 2. The fourth-order valence-electron chi connectivity index (χ4n) is 9.08. The van der Waals surface area contributed by atoms with Crippen molar-refractivity contribution in [2.75, 3.05) is 56.5 Å². The van der Waals surface area contributed by atoms with E-state index < -0.39 is 6.17 Å². The normalized spacial score (nSPS) is 23.3. The molecule has 0 bridgehead atoms. The molecule has 2 aromatic heterocycles. The number of nitrogens with zero attached hydrogens (tertiary/aromatic N) is 7. The number of anilines is 2. The summed E-state index contributed by atoms with van der Waals surface area (Å²) in [7, 11) is 1.60. The van der Waals surface area contributed by atoms with Crippen LogP contribution in [0.25, 0.3) is 10.8 Å². The second-order valence-electron chi connectivity index (χ2n) is 15.1. The smallest absolute Gasteiger partial charge is 0.318 e. The molecule has 1 aliphatic carbocycles. The van der Waals surface area contributed by atoms with Crippen LogP contribution >= 0.6 is 0 Å². The van der Waals surface area contributed by atoms with E-state index in [0.29, 0.717) is 62.4 Å². The van der Waals surface area contributed by atoms with Gasteiger partial charge in [-0.3, -0.25) is 9.58 Å². The summed E-state index contributed by atoms with van der Waals surface area (Å²) in [5, 5.41) is 6.79.